The van der Waals surface area contributed by atoms with Crippen LogP contribution in [-0.2, 0) is 10.3 Å². The van der Waals surface area contributed by atoms with E-state index < -0.39 is 23.1 Å². The molecule has 1 aromatic carbocycles. The zero-order chi connectivity index (χ0) is 15.8. The van der Waals surface area contributed by atoms with E-state index in [4.69, 9.17) is 9.47 Å². The highest BCUT2D eigenvalue weighted by Gasteiger charge is 2.47. The van der Waals surface area contributed by atoms with E-state index >= 15 is 0 Å². The monoisotopic (exact) mass is 297 g/mol. The lowest BCUT2D eigenvalue weighted by Gasteiger charge is -2.46. The fraction of sp³-hybridized carbons (Fsp3) is 0.533. The smallest absolute Gasteiger partial charge is 0.410 e. The fourth-order valence-electron chi connectivity index (χ4n) is 2.21. The number of hydrogen-bond donors (Lipinski definition) is 1. The summed E-state index contributed by atoms with van der Waals surface area (Å²) < 4.78 is 24.1. The number of halogens is 1. The first-order valence-corrected chi connectivity index (χ1v) is 6.69. The molecule has 0 atom stereocenters. The van der Waals surface area contributed by atoms with Crippen LogP contribution >= 0.6 is 0 Å². The third-order valence-corrected chi connectivity index (χ3v) is 3.23. The summed E-state index contributed by atoms with van der Waals surface area (Å²) in [5.41, 5.74) is -1.83. The zero-order valence-corrected chi connectivity index (χ0v) is 12.6. The number of hydrogen-bond acceptors (Lipinski definition) is 4. The number of benzene rings is 1. The molecule has 1 fully saturated rings. The molecule has 1 aliphatic heterocycles. The molecule has 1 N–H and O–H groups in total. The highest BCUT2D eigenvalue weighted by atomic mass is 19.1. The van der Waals surface area contributed by atoms with Gasteiger partial charge in [-0.1, -0.05) is 0 Å². The molecule has 6 heteroatoms. The lowest BCUT2D eigenvalue weighted by molar-refractivity contribution is -0.105. The van der Waals surface area contributed by atoms with Gasteiger partial charge in [-0.25, -0.2) is 9.18 Å². The normalized spacial score (nSPS) is 17.1. The number of likely N-dealkylation sites (tertiary alicyclic amines) is 1. The van der Waals surface area contributed by atoms with Gasteiger partial charge in [-0.15, -0.1) is 0 Å². The van der Waals surface area contributed by atoms with Gasteiger partial charge in [0, 0.05) is 11.6 Å². The molecule has 0 aromatic heterocycles. The van der Waals surface area contributed by atoms with Gasteiger partial charge in [0.05, 0.1) is 20.2 Å². The number of ether oxygens (including phenoxy) is 2. The Labute approximate surface area is 123 Å². The van der Waals surface area contributed by atoms with Crippen LogP contribution < -0.4 is 4.74 Å². The first-order valence-electron chi connectivity index (χ1n) is 6.69. The molecule has 1 saturated heterocycles. The Kier molecular flexibility index (Phi) is 3.84. The quantitative estimate of drug-likeness (QED) is 0.910. The molecule has 1 aromatic rings. The van der Waals surface area contributed by atoms with Crippen LogP contribution in [0, 0.1) is 5.82 Å². The SMILES string of the molecule is COc1ccc(C2(O)CN(C(=O)OC(C)(C)C)C2)c(F)c1. The van der Waals surface area contributed by atoms with Gasteiger partial charge >= 0.3 is 6.09 Å². The van der Waals surface area contributed by atoms with Gasteiger partial charge in [-0.2, -0.15) is 0 Å². The molecule has 0 radical (unpaired) electrons. The third-order valence-electron chi connectivity index (χ3n) is 3.23. The fourth-order valence-corrected chi connectivity index (χ4v) is 2.21. The molecule has 1 heterocycles. The largest absolute Gasteiger partial charge is 0.497 e. The summed E-state index contributed by atoms with van der Waals surface area (Å²) in [5, 5.41) is 10.4. The van der Waals surface area contributed by atoms with Gasteiger partial charge in [-0.3, -0.25) is 0 Å². The second-order valence-electron chi connectivity index (χ2n) is 6.21. The van der Waals surface area contributed by atoms with Crippen LogP contribution in [0.3, 0.4) is 0 Å². The molecule has 0 bridgehead atoms. The molecule has 116 valence electrons. The summed E-state index contributed by atoms with van der Waals surface area (Å²) in [6.07, 6.45) is -0.513. The number of carbonyl (C=O) groups is 1. The van der Waals surface area contributed by atoms with Crippen molar-refractivity contribution in [2.45, 2.75) is 32.0 Å². The van der Waals surface area contributed by atoms with Crippen LogP contribution in [0.15, 0.2) is 18.2 Å². The van der Waals surface area contributed by atoms with Crippen molar-refractivity contribution in [3.8, 4) is 5.75 Å². The maximum Gasteiger partial charge on any atom is 0.410 e. The molecule has 0 unspecified atom stereocenters. The van der Waals surface area contributed by atoms with Gasteiger partial charge in [0.25, 0.3) is 0 Å². The maximum absolute atomic E-state index is 14.0. The minimum absolute atomic E-state index is 0.00512. The van der Waals surface area contributed by atoms with E-state index in [1.165, 1.54) is 24.1 Å². The summed E-state index contributed by atoms with van der Waals surface area (Å²) in [4.78, 5) is 13.2. The van der Waals surface area contributed by atoms with E-state index in [0.717, 1.165) is 0 Å². The number of carbonyl (C=O) groups excluding carboxylic acids is 1. The van der Waals surface area contributed by atoms with Crippen LogP contribution in [-0.4, -0.2) is 41.9 Å². The second-order valence-corrected chi connectivity index (χ2v) is 6.21. The second kappa shape index (κ2) is 5.18. The van der Waals surface area contributed by atoms with Crippen molar-refractivity contribution in [3.05, 3.63) is 29.6 Å². The maximum atomic E-state index is 14.0. The van der Waals surface area contributed by atoms with Crippen molar-refractivity contribution < 1.29 is 23.8 Å². The Morgan fingerprint density at radius 3 is 2.48 bits per heavy atom. The number of methoxy groups -OCH3 is 1. The van der Waals surface area contributed by atoms with Crippen molar-refractivity contribution in [3.63, 3.8) is 0 Å². The minimum atomic E-state index is -1.38. The van der Waals surface area contributed by atoms with Crippen molar-refractivity contribution in [2.75, 3.05) is 20.2 Å². The van der Waals surface area contributed by atoms with Crippen LogP contribution in [0.4, 0.5) is 9.18 Å². The summed E-state index contributed by atoms with van der Waals surface area (Å²) in [7, 11) is 1.44. The average molecular weight is 297 g/mol. The van der Waals surface area contributed by atoms with Crippen LogP contribution in [0.5, 0.6) is 5.75 Å². The molecule has 2 rings (SSSR count). The van der Waals surface area contributed by atoms with Crippen LogP contribution in [0.2, 0.25) is 0 Å². The molecule has 0 aliphatic carbocycles. The molecule has 21 heavy (non-hydrogen) atoms. The standard InChI is InChI=1S/C15H20FNO4/c1-14(2,3)21-13(18)17-8-15(19,9-17)11-6-5-10(20-4)7-12(11)16/h5-7,19H,8-9H2,1-4H3. The summed E-state index contributed by atoms with van der Waals surface area (Å²) in [6.45, 7) is 5.30. The van der Waals surface area contributed by atoms with Crippen molar-refractivity contribution >= 4 is 6.09 Å². The van der Waals surface area contributed by atoms with Crippen molar-refractivity contribution in [1.82, 2.24) is 4.90 Å². The number of β-amino-alcohol motifs (C(OH)–C–C–N with tert-alkyl or cyclic N) is 1. The predicted molar refractivity (Wildman–Crippen MR) is 74.7 cm³/mol. The molecule has 1 amide bonds. The van der Waals surface area contributed by atoms with Crippen LogP contribution in [0.1, 0.15) is 26.3 Å². The van der Waals surface area contributed by atoms with E-state index in [-0.39, 0.29) is 18.7 Å². The van der Waals surface area contributed by atoms with Crippen LogP contribution in [0.25, 0.3) is 0 Å². The van der Waals surface area contributed by atoms with E-state index in [9.17, 15) is 14.3 Å². The van der Waals surface area contributed by atoms with Gasteiger partial charge in [-0.05, 0) is 32.9 Å². The molecule has 0 saturated carbocycles. The van der Waals surface area contributed by atoms with Gasteiger partial charge in [0.2, 0.25) is 0 Å². The Bertz CT molecular complexity index is 547. The number of amides is 1. The Morgan fingerprint density at radius 2 is 2.00 bits per heavy atom. The topological polar surface area (TPSA) is 59.0 Å². The Hall–Kier alpha value is -1.82. The average Bonchev–Trinajstić information content (AvgIpc) is 2.32. The summed E-state index contributed by atoms with van der Waals surface area (Å²) in [5.74, 6) is -0.177. The lowest BCUT2D eigenvalue weighted by atomic mass is 9.86. The van der Waals surface area contributed by atoms with Crippen molar-refractivity contribution in [2.24, 2.45) is 0 Å². The Morgan fingerprint density at radius 1 is 1.38 bits per heavy atom. The highest BCUT2D eigenvalue weighted by molar-refractivity contribution is 5.70. The van der Waals surface area contributed by atoms with Crippen molar-refractivity contribution in [1.29, 1.82) is 0 Å². The molecule has 5 nitrogen and oxygen atoms in total. The highest BCUT2D eigenvalue weighted by Crippen LogP contribution is 2.35. The molecule has 1 aliphatic rings. The summed E-state index contributed by atoms with van der Waals surface area (Å²) in [6, 6.07) is 4.26. The number of nitrogens with zero attached hydrogens (tertiary/aromatic N) is 1. The first-order chi connectivity index (χ1) is 9.64. The predicted octanol–water partition coefficient (Wildman–Crippen LogP) is 2.27. The first kappa shape index (κ1) is 15.6. The zero-order valence-electron chi connectivity index (χ0n) is 12.6. The summed E-state index contributed by atoms with van der Waals surface area (Å²) >= 11 is 0. The van der Waals surface area contributed by atoms with Gasteiger partial charge < -0.3 is 19.5 Å². The van der Waals surface area contributed by atoms with E-state index in [0.29, 0.717) is 5.75 Å². The molecular weight excluding hydrogens is 277 g/mol. The van der Waals surface area contributed by atoms with E-state index in [1.54, 1.807) is 26.8 Å². The number of rotatable bonds is 2. The van der Waals surface area contributed by atoms with E-state index in [1.807, 2.05) is 0 Å². The molecular formula is C15H20FNO4. The lowest BCUT2D eigenvalue weighted by Crippen LogP contribution is -2.62. The minimum Gasteiger partial charge on any atom is -0.497 e. The third kappa shape index (κ3) is 3.26. The van der Waals surface area contributed by atoms with Gasteiger partial charge in [0.15, 0.2) is 0 Å². The van der Waals surface area contributed by atoms with Gasteiger partial charge in [0.1, 0.15) is 22.8 Å². The Balaban J connectivity index is 2.06. The molecule has 0 spiro atoms. The number of aliphatic hydroxyl groups is 1. The van der Waals surface area contributed by atoms with E-state index in [2.05, 4.69) is 0 Å².